The molecule has 0 aromatic rings. The minimum Gasteiger partial charge on any atom is -0.330 e. The highest BCUT2D eigenvalue weighted by Crippen LogP contribution is 2.23. The minimum absolute atomic E-state index is 0.130. The summed E-state index contributed by atoms with van der Waals surface area (Å²) in [4.78, 5) is 0. The van der Waals surface area contributed by atoms with Crippen LogP contribution in [0.3, 0.4) is 0 Å². The van der Waals surface area contributed by atoms with Gasteiger partial charge in [-0.05, 0) is 31.7 Å². The van der Waals surface area contributed by atoms with Gasteiger partial charge in [0.15, 0.2) is 0 Å². The van der Waals surface area contributed by atoms with E-state index in [0.717, 1.165) is 19.3 Å². The fraction of sp³-hybridized carbons (Fsp3) is 1.00. The summed E-state index contributed by atoms with van der Waals surface area (Å²) >= 11 is 0. The van der Waals surface area contributed by atoms with Gasteiger partial charge in [-0.25, -0.2) is 13.1 Å². The monoisotopic (exact) mass is 248 g/mol. The van der Waals surface area contributed by atoms with E-state index in [1.165, 1.54) is 12.8 Å². The number of sulfonamides is 1. The van der Waals surface area contributed by atoms with Gasteiger partial charge in [0.05, 0.1) is 5.75 Å². The molecule has 2 unspecified atom stereocenters. The van der Waals surface area contributed by atoms with Gasteiger partial charge in [-0.1, -0.05) is 26.2 Å². The second kappa shape index (κ2) is 6.57. The highest BCUT2D eigenvalue weighted by molar-refractivity contribution is 7.89. The molecule has 0 aromatic carbocycles. The van der Waals surface area contributed by atoms with Crippen LogP contribution in [0.5, 0.6) is 0 Å². The fourth-order valence-electron chi connectivity index (χ4n) is 2.23. The molecule has 4 nitrogen and oxygen atoms in total. The van der Waals surface area contributed by atoms with E-state index in [4.69, 9.17) is 5.73 Å². The maximum absolute atomic E-state index is 11.7. The smallest absolute Gasteiger partial charge is 0.211 e. The summed E-state index contributed by atoms with van der Waals surface area (Å²) in [5.74, 6) is 0.613. The molecule has 1 fully saturated rings. The molecule has 16 heavy (non-hydrogen) atoms. The third-order valence-corrected chi connectivity index (χ3v) is 4.80. The number of hydrogen-bond acceptors (Lipinski definition) is 3. The van der Waals surface area contributed by atoms with Crippen LogP contribution in [-0.4, -0.2) is 26.8 Å². The molecule has 0 spiro atoms. The Kier molecular flexibility index (Phi) is 5.72. The van der Waals surface area contributed by atoms with Crippen molar-refractivity contribution in [2.24, 2.45) is 11.7 Å². The van der Waals surface area contributed by atoms with Crippen molar-refractivity contribution in [3.05, 3.63) is 0 Å². The maximum Gasteiger partial charge on any atom is 0.211 e. The van der Waals surface area contributed by atoms with Crippen molar-refractivity contribution in [3.63, 3.8) is 0 Å². The van der Waals surface area contributed by atoms with E-state index in [0.29, 0.717) is 18.9 Å². The zero-order chi connectivity index (χ0) is 12.0. The normalized spacial score (nSPS) is 27.6. The second-order valence-electron chi connectivity index (χ2n) is 4.80. The van der Waals surface area contributed by atoms with Crippen LogP contribution >= 0.6 is 0 Å². The van der Waals surface area contributed by atoms with Crippen LogP contribution in [0.15, 0.2) is 0 Å². The lowest BCUT2D eigenvalue weighted by molar-refractivity contribution is 0.399. The molecular weight excluding hydrogens is 224 g/mol. The SMILES string of the molecule is CC1CCCCCC1NS(=O)(=O)CCCN. The molecule has 0 saturated heterocycles. The Labute approximate surface area is 99.0 Å². The van der Waals surface area contributed by atoms with E-state index in [-0.39, 0.29) is 11.8 Å². The molecule has 0 radical (unpaired) electrons. The van der Waals surface area contributed by atoms with Crippen molar-refractivity contribution in [2.75, 3.05) is 12.3 Å². The third-order valence-electron chi connectivity index (χ3n) is 3.31. The topological polar surface area (TPSA) is 72.2 Å². The van der Waals surface area contributed by atoms with Crippen molar-refractivity contribution < 1.29 is 8.42 Å². The molecule has 1 saturated carbocycles. The van der Waals surface area contributed by atoms with Gasteiger partial charge >= 0.3 is 0 Å². The van der Waals surface area contributed by atoms with Gasteiger partial charge in [0.1, 0.15) is 0 Å². The first-order valence-corrected chi connectivity index (χ1v) is 7.90. The molecule has 3 N–H and O–H groups in total. The summed E-state index contributed by atoms with van der Waals surface area (Å²) in [6, 6.07) is 0.130. The number of rotatable bonds is 5. The van der Waals surface area contributed by atoms with Crippen LogP contribution in [0.2, 0.25) is 0 Å². The quantitative estimate of drug-likeness (QED) is 0.719. The van der Waals surface area contributed by atoms with Gasteiger partial charge in [-0.15, -0.1) is 0 Å². The first-order valence-electron chi connectivity index (χ1n) is 6.25. The Morgan fingerprint density at radius 1 is 1.25 bits per heavy atom. The van der Waals surface area contributed by atoms with E-state index in [1.54, 1.807) is 0 Å². The van der Waals surface area contributed by atoms with Crippen molar-refractivity contribution in [2.45, 2.75) is 51.5 Å². The summed E-state index contributed by atoms with van der Waals surface area (Å²) in [7, 11) is -3.12. The lowest BCUT2D eigenvalue weighted by Crippen LogP contribution is -2.40. The molecule has 0 heterocycles. The number of nitrogens with one attached hydrogen (secondary N) is 1. The molecule has 2 atom stereocenters. The summed E-state index contributed by atoms with van der Waals surface area (Å²) in [6.45, 7) is 2.57. The molecule has 5 heteroatoms. The Morgan fingerprint density at radius 3 is 2.62 bits per heavy atom. The largest absolute Gasteiger partial charge is 0.330 e. The zero-order valence-electron chi connectivity index (χ0n) is 10.1. The summed E-state index contributed by atoms with van der Waals surface area (Å²) in [5.41, 5.74) is 5.33. The van der Waals surface area contributed by atoms with Gasteiger partial charge in [0.25, 0.3) is 0 Å². The van der Waals surface area contributed by atoms with E-state index in [1.807, 2.05) is 0 Å². The van der Waals surface area contributed by atoms with Crippen LogP contribution in [-0.2, 0) is 10.0 Å². The molecule has 96 valence electrons. The van der Waals surface area contributed by atoms with Gasteiger partial charge < -0.3 is 5.73 Å². The molecule has 0 aliphatic heterocycles. The van der Waals surface area contributed by atoms with Crippen molar-refractivity contribution in [3.8, 4) is 0 Å². The van der Waals surface area contributed by atoms with Gasteiger partial charge in [-0.3, -0.25) is 0 Å². The lowest BCUT2D eigenvalue weighted by Gasteiger charge is -2.22. The highest BCUT2D eigenvalue weighted by atomic mass is 32.2. The molecular formula is C11H24N2O2S. The van der Waals surface area contributed by atoms with Crippen LogP contribution < -0.4 is 10.5 Å². The Morgan fingerprint density at radius 2 is 1.94 bits per heavy atom. The van der Waals surface area contributed by atoms with Crippen molar-refractivity contribution in [1.29, 1.82) is 0 Å². The molecule has 0 aromatic heterocycles. The summed E-state index contributed by atoms with van der Waals surface area (Å²) in [5, 5.41) is 0. The lowest BCUT2D eigenvalue weighted by atomic mass is 9.98. The van der Waals surface area contributed by atoms with Crippen LogP contribution in [0, 0.1) is 5.92 Å². The van der Waals surface area contributed by atoms with E-state index < -0.39 is 10.0 Å². The number of hydrogen-bond donors (Lipinski definition) is 2. The van der Waals surface area contributed by atoms with E-state index in [2.05, 4.69) is 11.6 Å². The zero-order valence-corrected chi connectivity index (χ0v) is 10.9. The molecule has 0 amide bonds. The Balaban J connectivity index is 2.50. The first-order chi connectivity index (χ1) is 7.55. The van der Waals surface area contributed by atoms with Crippen LogP contribution in [0.1, 0.15) is 45.4 Å². The van der Waals surface area contributed by atoms with Crippen LogP contribution in [0.25, 0.3) is 0 Å². The standard InChI is InChI=1S/C11H24N2O2S/c1-10-6-3-2-4-7-11(10)13-16(14,15)9-5-8-12/h10-11,13H,2-9,12H2,1H3. The maximum atomic E-state index is 11.7. The van der Waals surface area contributed by atoms with Gasteiger partial charge in [0.2, 0.25) is 10.0 Å². The van der Waals surface area contributed by atoms with Gasteiger partial charge in [-0.2, -0.15) is 0 Å². The van der Waals surface area contributed by atoms with Crippen molar-refractivity contribution in [1.82, 2.24) is 4.72 Å². The highest BCUT2D eigenvalue weighted by Gasteiger charge is 2.24. The van der Waals surface area contributed by atoms with Crippen LogP contribution in [0.4, 0.5) is 0 Å². The summed E-state index contributed by atoms with van der Waals surface area (Å²) < 4.78 is 26.3. The van der Waals surface area contributed by atoms with E-state index >= 15 is 0 Å². The molecule has 1 rings (SSSR count). The predicted octanol–water partition coefficient (Wildman–Crippen LogP) is 1.22. The molecule has 1 aliphatic carbocycles. The third kappa shape index (κ3) is 4.80. The molecule has 0 bridgehead atoms. The Bertz CT molecular complexity index is 290. The van der Waals surface area contributed by atoms with Crippen molar-refractivity contribution >= 4 is 10.0 Å². The average Bonchev–Trinajstić information content (AvgIpc) is 2.41. The first kappa shape index (κ1) is 13.9. The predicted molar refractivity (Wildman–Crippen MR) is 66.6 cm³/mol. The number of nitrogens with two attached hydrogens (primary N) is 1. The Hall–Kier alpha value is -0.130. The minimum atomic E-state index is -3.12. The average molecular weight is 248 g/mol. The van der Waals surface area contributed by atoms with Gasteiger partial charge in [0, 0.05) is 6.04 Å². The molecule has 1 aliphatic rings. The van der Waals surface area contributed by atoms with E-state index in [9.17, 15) is 8.42 Å². The fourth-order valence-corrected chi connectivity index (χ4v) is 3.71. The summed E-state index contributed by atoms with van der Waals surface area (Å²) in [6.07, 6.45) is 6.23. The second-order valence-corrected chi connectivity index (χ2v) is 6.67.